The van der Waals surface area contributed by atoms with Gasteiger partial charge in [0.2, 0.25) is 0 Å². The predicted molar refractivity (Wildman–Crippen MR) is 115 cm³/mol. The molecule has 0 saturated carbocycles. The quantitative estimate of drug-likeness (QED) is 0.802. The van der Waals surface area contributed by atoms with E-state index in [9.17, 15) is 13.2 Å². The van der Waals surface area contributed by atoms with Crippen LogP contribution in [0.2, 0.25) is 0 Å². The Hall–Kier alpha value is -2.22. The van der Waals surface area contributed by atoms with Crippen molar-refractivity contribution in [3.05, 3.63) is 65.7 Å². The molecule has 0 radical (unpaired) electrons. The molecule has 2 aromatic rings. The van der Waals surface area contributed by atoms with Crippen LogP contribution in [0.25, 0.3) is 0 Å². The molecule has 0 spiro atoms. The van der Waals surface area contributed by atoms with E-state index in [1.807, 2.05) is 6.07 Å². The second-order valence-electron chi connectivity index (χ2n) is 9.00. The number of piperidine rings is 2. The van der Waals surface area contributed by atoms with E-state index in [1.54, 1.807) is 12.1 Å². The lowest BCUT2D eigenvalue weighted by Crippen LogP contribution is -2.70. The Balaban J connectivity index is 1.51. The Bertz CT molecular complexity index is 1050. The monoisotopic (exact) mass is 425 g/mol. The molecule has 4 aliphatic heterocycles. The van der Waals surface area contributed by atoms with E-state index >= 15 is 0 Å². The summed E-state index contributed by atoms with van der Waals surface area (Å²) in [5.41, 5.74) is 1.50. The summed E-state index contributed by atoms with van der Waals surface area (Å²) in [6, 6.07) is 16.9. The molecule has 2 aromatic carbocycles. The van der Waals surface area contributed by atoms with Gasteiger partial charge in [-0.2, -0.15) is 0 Å². The van der Waals surface area contributed by atoms with Crippen molar-refractivity contribution in [1.82, 2.24) is 15.1 Å². The molecule has 0 aromatic heterocycles. The maximum absolute atomic E-state index is 13.2. The molecule has 3 atom stereocenters. The van der Waals surface area contributed by atoms with Crippen molar-refractivity contribution in [1.29, 1.82) is 0 Å². The number of rotatable bonds is 4. The molecule has 30 heavy (non-hydrogen) atoms. The zero-order valence-corrected chi connectivity index (χ0v) is 17.9. The molecule has 2 unspecified atom stereocenters. The molecule has 1 N–H and O–H groups in total. The molecular weight excluding hydrogens is 398 g/mol. The average molecular weight is 426 g/mol. The first-order chi connectivity index (χ1) is 14.3. The lowest BCUT2D eigenvalue weighted by atomic mass is 9.64. The number of amides is 1. The fourth-order valence-electron chi connectivity index (χ4n) is 5.66. The maximum Gasteiger partial charge on any atom is 0.251 e. The number of nitrogens with zero attached hydrogens (tertiary/aromatic N) is 2. The highest BCUT2D eigenvalue weighted by Crippen LogP contribution is 2.43. The predicted octanol–water partition coefficient (Wildman–Crippen LogP) is 1.39. The topological polar surface area (TPSA) is 69.7 Å². The van der Waals surface area contributed by atoms with Crippen LogP contribution in [0.5, 0.6) is 0 Å². The number of carbonyl (C=O) groups is 1. The standard InChI is InChI=1S/C23H27N3O3S/c1-30(28,29)20-9-5-6-17(12-20)22(27)24-21-18-13-25-10-11-26(14-18)16-23(21,15-25)19-7-3-2-4-8-19/h2-9,12,18,21H,10-11,13-16H2,1H3,(H,24,27)/t18?,21-,23?/m0/s1. The van der Waals surface area contributed by atoms with Gasteiger partial charge in [-0.1, -0.05) is 36.4 Å². The lowest BCUT2D eigenvalue weighted by Gasteiger charge is -2.55. The van der Waals surface area contributed by atoms with Crippen LogP contribution in [-0.2, 0) is 15.3 Å². The summed E-state index contributed by atoms with van der Waals surface area (Å²) in [5.74, 6) is 0.147. The van der Waals surface area contributed by atoms with Crippen molar-refractivity contribution in [2.75, 3.05) is 45.5 Å². The molecule has 7 heteroatoms. The molecule has 4 saturated heterocycles. The van der Waals surface area contributed by atoms with Gasteiger partial charge >= 0.3 is 0 Å². The zero-order chi connectivity index (χ0) is 20.9. The highest BCUT2D eigenvalue weighted by Gasteiger charge is 2.55. The van der Waals surface area contributed by atoms with E-state index in [4.69, 9.17) is 0 Å². The van der Waals surface area contributed by atoms with Gasteiger partial charge in [-0.25, -0.2) is 8.42 Å². The van der Waals surface area contributed by atoms with E-state index in [-0.39, 0.29) is 22.3 Å². The molecule has 4 bridgehead atoms. The van der Waals surface area contributed by atoms with Crippen molar-refractivity contribution < 1.29 is 13.2 Å². The normalized spacial score (nSPS) is 32.6. The summed E-state index contributed by atoms with van der Waals surface area (Å²) in [5, 5.41) is 3.34. The minimum absolute atomic E-state index is 0.0138. The number of nitrogens with one attached hydrogen (secondary N) is 1. The van der Waals surface area contributed by atoms with Gasteiger partial charge in [-0.05, 0) is 23.8 Å². The molecule has 0 aliphatic carbocycles. The molecule has 4 fully saturated rings. The second-order valence-corrected chi connectivity index (χ2v) is 11.0. The Morgan fingerprint density at radius 2 is 1.67 bits per heavy atom. The van der Waals surface area contributed by atoms with Gasteiger partial charge in [0.15, 0.2) is 9.84 Å². The molecule has 6 rings (SSSR count). The van der Waals surface area contributed by atoms with Crippen molar-refractivity contribution in [3.8, 4) is 0 Å². The number of hydrogen-bond acceptors (Lipinski definition) is 5. The first kappa shape index (κ1) is 19.7. The summed E-state index contributed by atoms with van der Waals surface area (Å²) in [6.07, 6.45) is 1.17. The molecule has 158 valence electrons. The van der Waals surface area contributed by atoms with Crippen LogP contribution in [0.4, 0.5) is 0 Å². The first-order valence-corrected chi connectivity index (χ1v) is 12.4. The van der Waals surface area contributed by atoms with Crippen LogP contribution >= 0.6 is 0 Å². The van der Waals surface area contributed by atoms with Crippen LogP contribution in [0.15, 0.2) is 59.5 Å². The van der Waals surface area contributed by atoms with Gasteiger partial charge in [0.25, 0.3) is 5.91 Å². The van der Waals surface area contributed by atoms with Crippen LogP contribution in [0, 0.1) is 5.92 Å². The van der Waals surface area contributed by atoms with Gasteiger partial charge in [0.1, 0.15) is 0 Å². The third kappa shape index (κ3) is 3.35. The molecule has 6 nitrogen and oxygen atoms in total. The second kappa shape index (κ2) is 7.18. The highest BCUT2D eigenvalue weighted by molar-refractivity contribution is 7.90. The van der Waals surface area contributed by atoms with E-state index in [2.05, 4.69) is 39.4 Å². The van der Waals surface area contributed by atoms with E-state index in [0.29, 0.717) is 11.5 Å². The average Bonchev–Trinajstić information content (AvgIpc) is 2.99. The number of hydrogen-bond donors (Lipinski definition) is 1. The summed E-state index contributed by atoms with van der Waals surface area (Å²) < 4.78 is 23.9. The van der Waals surface area contributed by atoms with Crippen LogP contribution in [0.3, 0.4) is 0 Å². The Morgan fingerprint density at radius 1 is 1.00 bits per heavy atom. The van der Waals surface area contributed by atoms with Gasteiger partial charge < -0.3 is 15.1 Å². The summed E-state index contributed by atoms with van der Waals surface area (Å²) in [7, 11) is -3.36. The summed E-state index contributed by atoms with van der Waals surface area (Å²) in [6.45, 7) is 5.97. The Kier molecular flexibility index (Phi) is 4.72. The summed E-state index contributed by atoms with van der Waals surface area (Å²) in [4.78, 5) is 18.5. The number of carbonyl (C=O) groups excluding carboxylic acids is 1. The van der Waals surface area contributed by atoms with Gasteiger partial charge in [0.05, 0.1) is 4.90 Å². The summed E-state index contributed by atoms with van der Waals surface area (Å²) >= 11 is 0. The molecule has 1 amide bonds. The van der Waals surface area contributed by atoms with Crippen molar-refractivity contribution in [2.45, 2.75) is 16.4 Å². The fraction of sp³-hybridized carbons (Fsp3) is 0.435. The van der Waals surface area contributed by atoms with E-state index in [1.165, 1.54) is 24.0 Å². The van der Waals surface area contributed by atoms with E-state index < -0.39 is 9.84 Å². The van der Waals surface area contributed by atoms with Gasteiger partial charge in [0, 0.05) is 68.5 Å². The largest absolute Gasteiger partial charge is 0.348 e. The molecular formula is C23H27N3O3S. The smallest absolute Gasteiger partial charge is 0.251 e. The number of fused-ring (bicyclic) bond motifs is 1. The van der Waals surface area contributed by atoms with Crippen molar-refractivity contribution in [3.63, 3.8) is 0 Å². The molecule has 4 aliphatic rings. The van der Waals surface area contributed by atoms with Crippen LogP contribution < -0.4 is 5.32 Å². The lowest BCUT2D eigenvalue weighted by molar-refractivity contribution is 0.0180. The highest BCUT2D eigenvalue weighted by atomic mass is 32.2. The van der Waals surface area contributed by atoms with Crippen LogP contribution in [-0.4, -0.2) is 75.7 Å². The fourth-order valence-corrected chi connectivity index (χ4v) is 6.33. The van der Waals surface area contributed by atoms with Crippen LogP contribution in [0.1, 0.15) is 15.9 Å². The minimum atomic E-state index is -3.36. The first-order valence-electron chi connectivity index (χ1n) is 10.5. The maximum atomic E-state index is 13.2. The number of benzene rings is 2. The zero-order valence-electron chi connectivity index (χ0n) is 17.1. The van der Waals surface area contributed by atoms with Crippen molar-refractivity contribution >= 4 is 15.7 Å². The van der Waals surface area contributed by atoms with E-state index in [0.717, 1.165) is 39.3 Å². The van der Waals surface area contributed by atoms with Gasteiger partial charge in [-0.3, -0.25) is 4.79 Å². The Morgan fingerprint density at radius 3 is 2.30 bits per heavy atom. The van der Waals surface area contributed by atoms with Gasteiger partial charge in [-0.15, -0.1) is 0 Å². The minimum Gasteiger partial charge on any atom is -0.348 e. The SMILES string of the molecule is CS(=O)(=O)c1cccc(C(=O)N[C@H]2C3CN4CCN(C3)CC2(c2ccccc2)C4)c1. The Labute approximate surface area is 177 Å². The third-order valence-corrected chi connectivity index (χ3v) is 8.07. The van der Waals surface area contributed by atoms with Crippen molar-refractivity contribution in [2.24, 2.45) is 5.92 Å². The molecule has 4 heterocycles. The third-order valence-electron chi connectivity index (χ3n) is 6.96. The number of sulfone groups is 1.